The molecule has 1 heterocycles. The van der Waals surface area contributed by atoms with Gasteiger partial charge in [-0.15, -0.1) is 0 Å². The zero-order chi connectivity index (χ0) is 13.0. The Bertz CT molecular complexity index is 387. The van der Waals surface area contributed by atoms with Crippen molar-refractivity contribution in [2.24, 2.45) is 0 Å². The Balaban J connectivity index is 2.08. The quantitative estimate of drug-likeness (QED) is 0.830. The van der Waals surface area contributed by atoms with Crippen molar-refractivity contribution in [2.75, 3.05) is 39.8 Å². The van der Waals surface area contributed by atoms with Gasteiger partial charge in [0, 0.05) is 32.7 Å². The summed E-state index contributed by atoms with van der Waals surface area (Å²) >= 11 is 0. The summed E-state index contributed by atoms with van der Waals surface area (Å²) in [6, 6.07) is 7.66. The minimum Gasteiger partial charge on any atom is -0.497 e. The summed E-state index contributed by atoms with van der Waals surface area (Å²) in [7, 11) is 1.64. The first-order valence-corrected chi connectivity index (χ1v) is 6.42. The van der Waals surface area contributed by atoms with E-state index >= 15 is 0 Å². The highest BCUT2D eigenvalue weighted by Gasteiger charge is 2.27. The van der Waals surface area contributed by atoms with Crippen LogP contribution in [0.4, 0.5) is 0 Å². The Kier molecular flexibility index (Phi) is 4.22. The second-order valence-corrected chi connectivity index (χ2v) is 5.03. The van der Waals surface area contributed by atoms with Gasteiger partial charge in [0.15, 0.2) is 0 Å². The lowest BCUT2D eigenvalue weighted by molar-refractivity contribution is 0.0124. The molecule has 0 bridgehead atoms. The molecule has 1 atom stereocenters. The molecule has 2 rings (SSSR count). The first-order chi connectivity index (χ1) is 8.62. The molecule has 0 radical (unpaired) electrons. The maximum Gasteiger partial charge on any atom is 0.119 e. The Labute approximate surface area is 109 Å². The Morgan fingerprint density at radius 2 is 2.11 bits per heavy atom. The smallest absolute Gasteiger partial charge is 0.119 e. The van der Waals surface area contributed by atoms with Crippen LogP contribution in [0.3, 0.4) is 0 Å². The molecule has 18 heavy (non-hydrogen) atoms. The van der Waals surface area contributed by atoms with Gasteiger partial charge in [-0.05, 0) is 24.6 Å². The van der Waals surface area contributed by atoms with Gasteiger partial charge in [-0.25, -0.2) is 0 Å². The number of β-amino-alcohol motifs (C(OH)–C–C–N with tert-alkyl or cyclic N) is 1. The molecule has 1 fully saturated rings. The summed E-state index contributed by atoms with van der Waals surface area (Å²) < 4.78 is 5.21. The number of hydrogen-bond acceptors (Lipinski definition) is 4. The molecular weight excluding hydrogens is 228 g/mol. The topological polar surface area (TPSA) is 44.7 Å². The molecule has 1 aromatic carbocycles. The number of benzene rings is 1. The lowest BCUT2D eigenvalue weighted by atomic mass is 9.95. The number of piperazine rings is 1. The van der Waals surface area contributed by atoms with Gasteiger partial charge >= 0.3 is 0 Å². The largest absolute Gasteiger partial charge is 0.497 e. The van der Waals surface area contributed by atoms with Crippen molar-refractivity contribution >= 4 is 0 Å². The van der Waals surface area contributed by atoms with Crippen LogP contribution in [0.25, 0.3) is 0 Å². The van der Waals surface area contributed by atoms with Gasteiger partial charge in [-0.1, -0.05) is 12.1 Å². The van der Waals surface area contributed by atoms with Crippen LogP contribution in [0.5, 0.6) is 5.75 Å². The standard InChI is InChI=1S/C14H22N2O2/c1-14(17,11-16-8-6-15-7-9-16)12-4-3-5-13(10-12)18-2/h3-5,10,15,17H,6-9,11H2,1-2H3. The van der Waals surface area contributed by atoms with Crippen molar-refractivity contribution in [2.45, 2.75) is 12.5 Å². The maximum absolute atomic E-state index is 10.6. The third-order valence-corrected chi connectivity index (χ3v) is 3.43. The molecule has 1 aliphatic heterocycles. The van der Waals surface area contributed by atoms with E-state index in [0.29, 0.717) is 6.54 Å². The monoisotopic (exact) mass is 250 g/mol. The summed E-state index contributed by atoms with van der Waals surface area (Å²) in [4.78, 5) is 2.29. The van der Waals surface area contributed by atoms with Gasteiger partial charge in [0.1, 0.15) is 5.75 Å². The summed E-state index contributed by atoms with van der Waals surface area (Å²) in [5.74, 6) is 0.785. The SMILES string of the molecule is COc1cccc(C(C)(O)CN2CCNCC2)c1. The van der Waals surface area contributed by atoms with Gasteiger partial charge in [-0.2, -0.15) is 0 Å². The number of methoxy groups -OCH3 is 1. The molecule has 4 nitrogen and oxygen atoms in total. The summed E-state index contributed by atoms with van der Waals surface area (Å²) in [6.45, 7) is 6.48. The number of ether oxygens (including phenoxy) is 1. The van der Waals surface area contributed by atoms with Crippen molar-refractivity contribution < 1.29 is 9.84 Å². The third-order valence-electron chi connectivity index (χ3n) is 3.43. The van der Waals surface area contributed by atoms with Crippen LogP contribution in [0.15, 0.2) is 24.3 Å². The number of rotatable bonds is 4. The second-order valence-electron chi connectivity index (χ2n) is 5.03. The number of aliphatic hydroxyl groups is 1. The van der Waals surface area contributed by atoms with E-state index < -0.39 is 5.60 Å². The van der Waals surface area contributed by atoms with E-state index in [2.05, 4.69) is 10.2 Å². The molecule has 0 amide bonds. The van der Waals surface area contributed by atoms with E-state index in [-0.39, 0.29) is 0 Å². The highest BCUT2D eigenvalue weighted by molar-refractivity contribution is 5.32. The van der Waals surface area contributed by atoms with Crippen LogP contribution < -0.4 is 10.1 Å². The summed E-state index contributed by atoms with van der Waals surface area (Å²) in [6.07, 6.45) is 0. The normalized spacial score (nSPS) is 20.4. The molecule has 1 saturated heterocycles. The predicted molar refractivity (Wildman–Crippen MR) is 71.9 cm³/mol. The van der Waals surface area contributed by atoms with E-state index in [1.54, 1.807) is 7.11 Å². The lowest BCUT2D eigenvalue weighted by Gasteiger charge is -2.34. The number of hydrogen-bond donors (Lipinski definition) is 2. The molecule has 1 aromatic rings. The average Bonchev–Trinajstić information content (AvgIpc) is 2.39. The van der Waals surface area contributed by atoms with Crippen molar-refractivity contribution in [1.82, 2.24) is 10.2 Å². The zero-order valence-electron chi connectivity index (χ0n) is 11.1. The molecule has 2 N–H and O–H groups in total. The third kappa shape index (κ3) is 3.22. The van der Waals surface area contributed by atoms with Crippen LogP contribution in [0.1, 0.15) is 12.5 Å². The van der Waals surface area contributed by atoms with Crippen LogP contribution in [-0.4, -0.2) is 49.8 Å². The minimum atomic E-state index is -0.841. The van der Waals surface area contributed by atoms with E-state index in [0.717, 1.165) is 37.5 Å². The Hall–Kier alpha value is -1.10. The van der Waals surface area contributed by atoms with Crippen LogP contribution in [-0.2, 0) is 5.60 Å². The maximum atomic E-state index is 10.6. The molecule has 100 valence electrons. The molecule has 1 aliphatic rings. The van der Waals surface area contributed by atoms with Gasteiger partial charge < -0.3 is 15.2 Å². The molecule has 0 saturated carbocycles. The lowest BCUT2D eigenvalue weighted by Crippen LogP contribution is -2.48. The molecule has 0 spiro atoms. The van der Waals surface area contributed by atoms with Gasteiger partial charge in [0.2, 0.25) is 0 Å². The van der Waals surface area contributed by atoms with Gasteiger partial charge in [-0.3, -0.25) is 4.90 Å². The van der Waals surface area contributed by atoms with Crippen molar-refractivity contribution in [3.63, 3.8) is 0 Å². The van der Waals surface area contributed by atoms with Crippen molar-refractivity contribution in [1.29, 1.82) is 0 Å². The Morgan fingerprint density at radius 1 is 1.39 bits per heavy atom. The summed E-state index contributed by atoms with van der Waals surface area (Å²) in [5, 5.41) is 14.0. The Morgan fingerprint density at radius 3 is 2.78 bits per heavy atom. The zero-order valence-corrected chi connectivity index (χ0v) is 11.1. The highest BCUT2D eigenvalue weighted by Crippen LogP contribution is 2.25. The van der Waals surface area contributed by atoms with Gasteiger partial charge in [0.05, 0.1) is 12.7 Å². The van der Waals surface area contributed by atoms with Crippen LogP contribution in [0.2, 0.25) is 0 Å². The van der Waals surface area contributed by atoms with Crippen molar-refractivity contribution in [3.8, 4) is 5.75 Å². The van der Waals surface area contributed by atoms with E-state index in [1.165, 1.54) is 0 Å². The minimum absolute atomic E-state index is 0.655. The molecule has 4 heteroatoms. The highest BCUT2D eigenvalue weighted by atomic mass is 16.5. The van der Waals surface area contributed by atoms with E-state index in [1.807, 2.05) is 31.2 Å². The van der Waals surface area contributed by atoms with Gasteiger partial charge in [0.25, 0.3) is 0 Å². The predicted octanol–water partition coefficient (Wildman–Crippen LogP) is 0.808. The van der Waals surface area contributed by atoms with Crippen LogP contribution >= 0.6 is 0 Å². The molecular formula is C14H22N2O2. The van der Waals surface area contributed by atoms with E-state index in [4.69, 9.17) is 4.74 Å². The first kappa shape index (κ1) is 13.3. The fraction of sp³-hybridized carbons (Fsp3) is 0.571. The fourth-order valence-corrected chi connectivity index (χ4v) is 2.35. The molecule has 0 aromatic heterocycles. The first-order valence-electron chi connectivity index (χ1n) is 6.42. The number of nitrogens with one attached hydrogen (secondary N) is 1. The van der Waals surface area contributed by atoms with Crippen molar-refractivity contribution in [3.05, 3.63) is 29.8 Å². The molecule has 0 aliphatic carbocycles. The second kappa shape index (κ2) is 5.69. The summed E-state index contributed by atoms with van der Waals surface area (Å²) in [5.41, 5.74) is 0.0617. The average molecular weight is 250 g/mol. The molecule has 1 unspecified atom stereocenters. The number of nitrogens with zero attached hydrogens (tertiary/aromatic N) is 1. The fourth-order valence-electron chi connectivity index (χ4n) is 2.35. The van der Waals surface area contributed by atoms with E-state index in [9.17, 15) is 5.11 Å². The van der Waals surface area contributed by atoms with Crippen LogP contribution in [0, 0.1) is 0 Å².